The number of hydrogen-bond donors (Lipinski definition) is 1. The lowest BCUT2D eigenvalue weighted by atomic mass is 10.1. The molecule has 3 rings (SSSR count). The first-order valence-electron chi connectivity index (χ1n) is 9.26. The third-order valence-electron chi connectivity index (χ3n) is 4.70. The first kappa shape index (κ1) is 21.5. The van der Waals surface area contributed by atoms with Crippen molar-refractivity contribution in [2.45, 2.75) is 6.04 Å². The predicted octanol–water partition coefficient (Wildman–Crippen LogP) is 4.60. The molecule has 0 aliphatic heterocycles. The van der Waals surface area contributed by atoms with E-state index < -0.39 is 0 Å². The van der Waals surface area contributed by atoms with Crippen molar-refractivity contribution in [2.75, 3.05) is 40.2 Å². The molecule has 0 saturated carbocycles. The van der Waals surface area contributed by atoms with E-state index >= 15 is 0 Å². The van der Waals surface area contributed by atoms with Gasteiger partial charge in [-0.2, -0.15) is 10.2 Å². The summed E-state index contributed by atoms with van der Waals surface area (Å²) in [5.74, 6) is 2.01. The third-order valence-corrected chi connectivity index (χ3v) is 4.95. The van der Waals surface area contributed by atoms with Crippen molar-refractivity contribution in [2.24, 2.45) is 0 Å². The maximum absolute atomic E-state index is 9.47. The lowest BCUT2D eigenvalue weighted by Crippen LogP contribution is -2.27. The zero-order valence-electron chi connectivity index (χ0n) is 17.3. The fourth-order valence-electron chi connectivity index (χ4n) is 3.08. The van der Waals surface area contributed by atoms with Crippen LogP contribution < -0.4 is 14.8 Å². The third kappa shape index (κ3) is 4.67. The van der Waals surface area contributed by atoms with Gasteiger partial charge in [0.05, 0.1) is 20.3 Å². The maximum atomic E-state index is 9.47. The van der Waals surface area contributed by atoms with E-state index in [0.29, 0.717) is 34.8 Å². The van der Waals surface area contributed by atoms with Gasteiger partial charge in [0.15, 0.2) is 11.5 Å². The van der Waals surface area contributed by atoms with E-state index in [0.717, 1.165) is 11.1 Å². The van der Waals surface area contributed by atoms with Gasteiger partial charge in [0.25, 0.3) is 0 Å². The molecule has 1 atom stereocenters. The Morgan fingerprint density at radius 1 is 1.13 bits per heavy atom. The summed E-state index contributed by atoms with van der Waals surface area (Å²) in [6.45, 7) is 0.492. The molecule has 0 bridgehead atoms. The Hall–Kier alpha value is -3.21. The van der Waals surface area contributed by atoms with Gasteiger partial charge in [0.1, 0.15) is 6.07 Å². The van der Waals surface area contributed by atoms with Crippen molar-refractivity contribution in [3.63, 3.8) is 0 Å². The normalized spacial score (nSPS) is 11.8. The van der Waals surface area contributed by atoms with Crippen LogP contribution in [0.15, 0.2) is 46.9 Å². The molecule has 1 aromatic heterocycles. The number of methoxy groups -OCH3 is 2. The van der Waals surface area contributed by atoms with Crippen LogP contribution in [-0.2, 0) is 0 Å². The predicted molar refractivity (Wildman–Crippen MR) is 116 cm³/mol. The molecular weight excluding hydrogens is 404 g/mol. The van der Waals surface area contributed by atoms with Crippen molar-refractivity contribution in [1.29, 1.82) is 5.26 Å². The highest BCUT2D eigenvalue weighted by molar-refractivity contribution is 6.30. The average molecular weight is 427 g/mol. The fourth-order valence-corrected chi connectivity index (χ4v) is 3.21. The smallest absolute Gasteiger partial charge is 0.232 e. The molecule has 8 heteroatoms. The number of nitrogens with zero attached hydrogens (tertiary/aromatic N) is 3. The molecular formula is C22H23ClN4O3. The largest absolute Gasteiger partial charge is 0.493 e. The molecule has 0 fully saturated rings. The molecule has 156 valence electrons. The number of benzene rings is 2. The summed E-state index contributed by atoms with van der Waals surface area (Å²) in [5, 5.41) is 13.3. The molecule has 1 N–H and O–H groups in total. The quantitative estimate of drug-likeness (QED) is 0.563. The van der Waals surface area contributed by atoms with Gasteiger partial charge < -0.3 is 24.1 Å². The number of halogens is 1. The molecule has 0 saturated heterocycles. The Kier molecular flexibility index (Phi) is 6.83. The number of nitriles is 1. The number of aromatic nitrogens is 1. The van der Waals surface area contributed by atoms with Gasteiger partial charge in [0.2, 0.25) is 17.5 Å². The highest BCUT2D eigenvalue weighted by Crippen LogP contribution is 2.32. The van der Waals surface area contributed by atoms with Gasteiger partial charge in [-0.25, -0.2) is 0 Å². The van der Waals surface area contributed by atoms with Crippen molar-refractivity contribution in [3.8, 4) is 29.0 Å². The molecule has 0 radical (unpaired) electrons. The van der Waals surface area contributed by atoms with Crippen LogP contribution >= 0.6 is 11.6 Å². The molecule has 3 aromatic rings. The highest BCUT2D eigenvalue weighted by Gasteiger charge is 2.20. The van der Waals surface area contributed by atoms with Crippen LogP contribution in [0.1, 0.15) is 17.3 Å². The number of nitrogens with one attached hydrogen (secondary N) is 1. The second kappa shape index (κ2) is 9.53. The molecule has 30 heavy (non-hydrogen) atoms. The summed E-state index contributed by atoms with van der Waals surface area (Å²) < 4.78 is 16.6. The second-order valence-electron chi connectivity index (χ2n) is 6.79. The second-order valence-corrected chi connectivity index (χ2v) is 7.23. The van der Waals surface area contributed by atoms with Gasteiger partial charge in [0, 0.05) is 17.1 Å². The fraction of sp³-hybridized carbons (Fsp3) is 0.273. The van der Waals surface area contributed by atoms with E-state index in [2.05, 4.69) is 21.3 Å². The van der Waals surface area contributed by atoms with Crippen LogP contribution in [0.4, 0.5) is 5.88 Å². The first-order chi connectivity index (χ1) is 14.5. The Labute approximate surface area is 180 Å². The van der Waals surface area contributed by atoms with Crippen LogP contribution in [0, 0.1) is 11.3 Å². The molecule has 1 heterocycles. The van der Waals surface area contributed by atoms with Gasteiger partial charge in [-0.1, -0.05) is 17.7 Å². The lowest BCUT2D eigenvalue weighted by Gasteiger charge is -2.25. The van der Waals surface area contributed by atoms with Crippen molar-refractivity contribution in [1.82, 2.24) is 9.88 Å². The van der Waals surface area contributed by atoms with Gasteiger partial charge in [-0.15, -0.1) is 0 Å². The number of anilines is 1. The number of oxazole rings is 1. The van der Waals surface area contributed by atoms with E-state index in [9.17, 15) is 5.26 Å². The Bertz CT molecular complexity index is 1040. The van der Waals surface area contributed by atoms with Crippen LogP contribution in [0.5, 0.6) is 11.5 Å². The summed E-state index contributed by atoms with van der Waals surface area (Å²) in [7, 11) is 7.17. The topological polar surface area (TPSA) is 83.5 Å². The lowest BCUT2D eigenvalue weighted by molar-refractivity contribution is 0.307. The van der Waals surface area contributed by atoms with Gasteiger partial charge >= 0.3 is 0 Å². The van der Waals surface area contributed by atoms with Gasteiger partial charge in [-0.05, 0) is 56.1 Å². The molecule has 2 aromatic carbocycles. The summed E-state index contributed by atoms with van der Waals surface area (Å²) in [6.07, 6.45) is 0. The number of rotatable bonds is 8. The summed E-state index contributed by atoms with van der Waals surface area (Å²) >= 11 is 5.94. The number of likely N-dealkylation sites (N-methyl/N-ethyl adjacent to an activating group) is 1. The summed E-state index contributed by atoms with van der Waals surface area (Å²) in [5.41, 5.74) is 1.97. The zero-order chi connectivity index (χ0) is 21.7. The highest BCUT2D eigenvalue weighted by atomic mass is 35.5. The zero-order valence-corrected chi connectivity index (χ0v) is 18.0. The summed E-state index contributed by atoms with van der Waals surface area (Å²) in [4.78, 5) is 6.36. The standard InChI is InChI=1S/C22H23ClN4O3/c1-27(2)18(15-7-10-19(28-3)20(11-15)29-4)13-25-22-17(12-24)26-21(30-22)14-5-8-16(23)9-6-14/h5-11,18,25H,13H2,1-4H3/t18-/m0/s1. The molecule has 0 aliphatic rings. The van der Waals surface area contributed by atoms with Crippen molar-refractivity contribution < 1.29 is 13.9 Å². The summed E-state index contributed by atoms with van der Waals surface area (Å²) in [6, 6.07) is 15.0. The maximum Gasteiger partial charge on any atom is 0.232 e. The molecule has 0 amide bonds. The minimum Gasteiger partial charge on any atom is -0.493 e. The van der Waals surface area contributed by atoms with Crippen LogP contribution in [0.3, 0.4) is 0 Å². The van der Waals surface area contributed by atoms with Gasteiger partial charge in [-0.3, -0.25) is 0 Å². The minimum atomic E-state index is -0.0135. The van der Waals surface area contributed by atoms with E-state index in [1.165, 1.54) is 0 Å². The Morgan fingerprint density at radius 3 is 2.43 bits per heavy atom. The van der Waals surface area contributed by atoms with E-state index in [4.69, 9.17) is 25.5 Å². The van der Waals surface area contributed by atoms with Crippen LogP contribution in [0.2, 0.25) is 5.02 Å². The number of ether oxygens (including phenoxy) is 2. The average Bonchev–Trinajstić information content (AvgIpc) is 3.17. The monoisotopic (exact) mass is 426 g/mol. The molecule has 0 unspecified atom stereocenters. The van der Waals surface area contributed by atoms with Crippen molar-refractivity contribution in [3.05, 3.63) is 58.7 Å². The van der Waals surface area contributed by atoms with E-state index in [1.807, 2.05) is 32.3 Å². The number of hydrogen-bond acceptors (Lipinski definition) is 7. The first-order valence-corrected chi connectivity index (χ1v) is 9.63. The van der Waals surface area contributed by atoms with Crippen LogP contribution in [-0.4, -0.2) is 44.7 Å². The molecule has 0 aliphatic carbocycles. The Morgan fingerprint density at radius 2 is 1.83 bits per heavy atom. The van der Waals surface area contributed by atoms with Crippen molar-refractivity contribution >= 4 is 17.5 Å². The minimum absolute atomic E-state index is 0.0135. The van der Waals surface area contributed by atoms with Crippen LogP contribution in [0.25, 0.3) is 11.5 Å². The van der Waals surface area contributed by atoms with E-state index in [1.54, 1.807) is 38.5 Å². The SMILES string of the molecule is COc1ccc([C@H](CNc2oc(-c3ccc(Cl)cc3)nc2C#N)N(C)C)cc1OC. The Balaban J connectivity index is 1.83. The van der Waals surface area contributed by atoms with E-state index in [-0.39, 0.29) is 11.7 Å². The molecule has 7 nitrogen and oxygen atoms in total. The molecule has 0 spiro atoms.